The van der Waals surface area contributed by atoms with Crippen molar-refractivity contribution in [3.63, 3.8) is 0 Å². The van der Waals surface area contributed by atoms with E-state index in [1.165, 1.54) is 11.3 Å². The Balaban J connectivity index is 2.05. The van der Waals surface area contributed by atoms with E-state index in [0.29, 0.717) is 0 Å². The molecular formula is C14H19N3O. The number of nitrogens with one attached hydrogen (secondary N) is 1. The molecule has 0 unspecified atom stereocenters. The van der Waals surface area contributed by atoms with Gasteiger partial charge in [0.1, 0.15) is 5.75 Å². The van der Waals surface area contributed by atoms with Gasteiger partial charge in [-0.25, -0.2) is 4.98 Å². The molecule has 0 radical (unpaired) electrons. The largest absolute Gasteiger partial charge is 0.497 e. The highest BCUT2D eigenvalue weighted by atomic mass is 16.5. The van der Waals surface area contributed by atoms with Gasteiger partial charge in [-0.1, -0.05) is 19.1 Å². The van der Waals surface area contributed by atoms with E-state index < -0.39 is 0 Å². The maximum atomic E-state index is 5.15. The van der Waals surface area contributed by atoms with Crippen LogP contribution in [0.4, 0.5) is 0 Å². The van der Waals surface area contributed by atoms with Crippen LogP contribution in [0.3, 0.4) is 0 Å². The van der Waals surface area contributed by atoms with Crippen molar-refractivity contribution in [3.05, 3.63) is 48.0 Å². The summed E-state index contributed by atoms with van der Waals surface area (Å²) in [5.74, 6) is 0.886. The topological polar surface area (TPSA) is 39.1 Å². The Labute approximate surface area is 108 Å². The Bertz CT molecular complexity index is 476. The highest BCUT2D eigenvalue weighted by Crippen LogP contribution is 2.13. The average Bonchev–Trinajstić information content (AvgIpc) is 2.84. The number of rotatable bonds is 6. The van der Waals surface area contributed by atoms with Crippen molar-refractivity contribution in [1.29, 1.82) is 0 Å². The lowest BCUT2D eigenvalue weighted by Crippen LogP contribution is -2.15. The first-order valence-corrected chi connectivity index (χ1v) is 6.16. The Hall–Kier alpha value is -1.81. The van der Waals surface area contributed by atoms with Gasteiger partial charge in [0.25, 0.3) is 0 Å². The SMILES string of the molecule is CCNCc1cncn1Cc1ccc(OC)cc1. The van der Waals surface area contributed by atoms with Crippen LogP contribution in [-0.4, -0.2) is 23.2 Å². The molecule has 2 rings (SSSR count). The predicted molar refractivity (Wildman–Crippen MR) is 71.7 cm³/mol. The Morgan fingerprint density at radius 2 is 2.06 bits per heavy atom. The normalized spacial score (nSPS) is 10.6. The maximum Gasteiger partial charge on any atom is 0.118 e. The predicted octanol–water partition coefficient (Wildman–Crippen LogP) is 2.05. The minimum absolute atomic E-state index is 0.838. The number of hydrogen-bond donors (Lipinski definition) is 1. The molecule has 18 heavy (non-hydrogen) atoms. The van der Waals surface area contributed by atoms with E-state index >= 15 is 0 Å². The summed E-state index contributed by atoms with van der Waals surface area (Å²) >= 11 is 0. The van der Waals surface area contributed by atoms with E-state index in [-0.39, 0.29) is 0 Å². The molecule has 1 aromatic heterocycles. The molecule has 0 spiro atoms. The fourth-order valence-electron chi connectivity index (χ4n) is 1.82. The molecule has 1 aromatic carbocycles. The minimum atomic E-state index is 0.838. The lowest BCUT2D eigenvalue weighted by atomic mass is 10.2. The first-order chi connectivity index (χ1) is 8.83. The first kappa shape index (κ1) is 12.6. The second-order valence-corrected chi connectivity index (χ2v) is 4.14. The molecule has 1 heterocycles. The second-order valence-electron chi connectivity index (χ2n) is 4.14. The van der Waals surface area contributed by atoms with Crippen molar-refractivity contribution in [2.24, 2.45) is 0 Å². The second kappa shape index (κ2) is 6.21. The van der Waals surface area contributed by atoms with Crippen LogP contribution >= 0.6 is 0 Å². The number of ether oxygens (including phenoxy) is 1. The van der Waals surface area contributed by atoms with E-state index in [1.54, 1.807) is 7.11 Å². The zero-order valence-corrected chi connectivity index (χ0v) is 10.9. The monoisotopic (exact) mass is 245 g/mol. The number of hydrogen-bond acceptors (Lipinski definition) is 3. The first-order valence-electron chi connectivity index (χ1n) is 6.16. The molecule has 4 heteroatoms. The van der Waals surface area contributed by atoms with E-state index in [1.807, 2.05) is 24.7 Å². The van der Waals surface area contributed by atoms with Gasteiger partial charge in [0, 0.05) is 19.3 Å². The number of benzene rings is 1. The third-order valence-corrected chi connectivity index (χ3v) is 2.87. The van der Waals surface area contributed by atoms with Crippen molar-refractivity contribution in [3.8, 4) is 5.75 Å². The van der Waals surface area contributed by atoms with Crippen LogP contribution in [0.25, 0.3) is 0 Å². The highest BCUT2D eigenvalue weighted by molar-refractivity contribution is 5.27. The van der Waals surface area contributed by atoms with Crippen LogP contribution in [0.5, 0.6) is 5.75 Å². The van der Waals surface area contributed by atoms with E-state index in [2.05, 4.69) is 33.9 Å². The molecule has 0 saturated heterocycles. The van der Waals surface area contributed by atoms with Crippen molar-refractivity contribution in [2.45, 2.75) is 20.0 Å². The zero-order chi connectivity index (χ0) is 12.8. The van der Waals surface area contributed by atoms with E-state index in [0.717, 1.165) is 25.4 Å². The third kappa shape index (κ3) is 3.11. The fraction of sp³-hybridized carbons (Fsp3) is 0.357. The summed E-state index contributed by atoms with van der Waals surface area (Å²) in [6.07, 6.45) is 3.78. The minimum Gasteiger partial charge on any atom is -0.497 e. The molecule has 0 amide bonds. The molecule has 96 valence electrons. The smallest absolute Gasteiger partial charge is 0.118 e. The van der Waals surface area contributed by atoms with Gasteiger partial charge in [-0.15, -0.1) is 0 Å². The molecule has 1 N–H and O–H groups in total. The van der Waals surface area contributed by atoms with Gasteiger partial charge in [0.2, 0.25) is 0 Å². The lowest BCUT2D eigenvalue weighted by molar-refractivity contribution is 0.414. The summed E-state index contributed by atoms with van der Waals surface area (Å²) in [5.41, 5.74) is 2.44. The molecule has 0 aliphatic carbocycles. The van der Waals surface area contributed by atoms with E-state index in [9.17, 15) is 0 Å². The highest BCUT2D eigenvalue weighted by Gasteiger charge is 2.02. The van der Waals surface area contributed by atoms with Gasteiger partial charge in [-0.05, 0) is 24.2 Å². The molecular weight excluding hydrogens is 226 g/mol. The molecule has 0 bridgehead atoms. The van der Waals surface area contributed by atoms with Crippen LogP contribution in [0.2, 0.25) is 0 Å². The van der Waals surface area contributed by atoms with Crippen LogP contribution in [0, 0.1) is 0 Å². The van der Waals surface area contributed by atoms with Gasteiger partial charge >= 0.3 is 0 Å². The molecule has 0 fully saturated rings. The summed E-state index contributed by atoms with van der Waals surface area (Å²) in [4.78, 5) is 4.20. The van der Waals surface area contributed by atoms with Crippen LogP contribution in [0.15, 0.2) is 36.8 Å². The molecule has 4 nitrogen and oxygen atoms in total. The average molecular weight is 245 g/mol. The molecule has 2 aromatic rings. The summed E-state index contributed by atoms with van der Waals surface area (Å²) in [7, 11) is 1.68. The van der Waals surface area contributed by atoms with Crippen molar-refractivity contribution in [1.82, 2.24) is 14.9 Å². The van der Waals surface area contributed by atoms with Crippen molar-refractivity contribution >= 4 is 0 Å². The van der Waals surface area contributed by atoms with Gasteiger partial charge in [-0.2, -0.15) is 0 Å². The Morgan fingerprint density at radius 1 is 1.28 bits per heavy atom. The van der Waals surface area contributed by atoms with Crippen LogP contribution < -0.4 is 10.1 Å². The van der Waals surface area contributed by atoms with Gasteiger partial charge < -0.3 is 14.6 Å². The van der Waals surface area contributed by atoms with Gasteiger partial charge in [-0.3, -0.25) is 0 Å². The number of nitrogens with zero attached hydrogens (tertiary/aromatic N) is 2. The van der Waals surface area contributed by atoms with Gasteiger partial charge in [0.05, 0.1) is 19.1 Å². The fourth-order valence-corrected chi connectivity index (χ4v) is 1.82. The van der Waals surface area contributed by atoms with Crippen LogP contribution in [-0.2, 0) is 13.1 Å². The standard InChI is InChI=1S/C14H19N3O/c1-3-15-8-13-9-16-11-17(13)10-12-4-6-14(18-2)7-5-12/h4-7,9,11,15H,3,8,10H2,1-2H3. The summed E-state index contributed by atoms with van der Waals surface area (Å²) in [5, 5.41) is 3.31. The molecule has 0 aliphatic rings. The number of imidazole rings is 1. The molecule has 0 saturated carbocycles. The summed E-state index contributed by atoms with van der Waals surface area (Å²) in [6.45, 7) is 4.76. The number of aromatic nitrogens is 2. The van der Waals surface area contributed by atoms with E-state index in [4.69, 9.17) is 4.74 Å². The number of methoxy groups -OCH3 is 1. The lowest BCUT2D eigenvalue weighted by Gasteiger charge is -2.09. The quantitative estimate of drug-likeness (QED) is 0.846. The van der Waals surface area contributed by atoms with Gasteiger partial charge in [0.15, 0.2) is 0 Å². The molecule has 0 aliphatic heterocycles. The Morgan fingerprint density at radius 3 is 2.72 bits per heavy atom. The maximum absolute atomic E-state index is 5.15. The summed E-state index contributed by atoms with van der Waals surface area (Å²) < 4.78 is 7.31. The molecule has 0 atom stereocenters. The zero-order valence-electron chi connectivity index (χ0n) is 10.9. The van der Waals surface area contributed by atoms with Crippen molar-refractivity contribution < 1.29 is 4.74 Å². The van der Waals surface area contributed by atoms with Crippen molar-refractivity contribution in [2.75, 3.05) is 13.7 Å². The van der Waals surface area contributed by atoms with Crippen LogP contribution in [0.1, 0.15) is 18.2 Å². The Kier molecular flexibility index (Phi) is 4.36. The summed E-state index contributed by atoms with van der Waals surface area (Å²) in [6, 6.07) is 8.12. The third-order valence-electron chi connectivity index (χ3n) is 2.87.